The van der Waals surface area contributed by atoms with Crippen LogP contribution in [0.15, 0.2) is 24.3 Å². The van der Waals surface area contributed by atoms with Crippen molar-refractivity contribution >= 4 is 12.0 Å². The number of hydrogen-bond donors (Lipinski definition) is 1. The summed E-state index contributed by atoms with van der Waals surface area (Å²) in [6, 6.07) is 5.82. The van der Waals surface area contributed by atoms with Crippen molar-refractivity contribution in [3.05, 3.63) is 29.8 Å². The van der Waals surface area contributed by atoms with Crippen LogP contribution in [0.25, 0.3) is 6.08 Å². The van der Waals surface area contributed by atoms with E-state index in [9.17, 15) is 4.79 Å². The molecule has 0 radical (unpaired) electrons. The minimum Gasteiger partial charge on any atom is -0.497 e. The first-order valence-electron chi connectivity index (χ1n) is 7.83. The second kappa shape index (κ2) is 7.87. The molecule has 0 atom stereocenters. The minimum atomic E-state index is -0.0515. The summed E-state index contributed by atoms with van der Waals surface area (Å²) in [6.07, 6.45) is 7.86. The molecular weight excluding hydrogens is 278 g/mol. The molecule has 0 aromatic heterocycles. The van der Waals surface area contributed by atoms with Crippen LogP contribution in [-0.4, -0.2) is 26.2 Å². The Morgan fingerprint density at radius 1 is 1.18 bits per heavy atom. The summed E-state index contributed by atoms with van der Waals surface area (Å²) in [5.74, 6) is 2.19. The highest BCUT2D eigenvalue weighted by Gasteiger charge is 2.18. The third-order valence-corrected chi connectivity index (χ3v) is 4.21. The van der Waals surface area contributed by atoms with E-state index < -0.39 is 0 Å². The molecule has 1 aromatic rings. The lowest BCUT2D eigenvalue weighted by atomic mass is 9.87. The maximum Gasteiger partial charge on any atom is 0.244 e. The normalized spacial score (nSPS) is 21.6. The summed E-state index contributed by atoms with van der Waals surface area (Å²) in [6.45, 7) is 2.27. The van der Waals surface area contributed by atoms with Crippen LogP contribution in [0.3, 0.4) is 0 Å². The standard InChI is InChI=1S/C18H25NO3/c1-13-4-7-15(8-5-13)19-18(20)11-6-14-12-16(21-2)9-10-17(14)22-3/h6,9-13,15H,4-5,7-8H2,1-3H3,(H,19,20)/b11-6+. The summed E-state index contributed by atoms with van der Waals surface area (Å²) in [4.78, 5) is 12.1. The zero-order chi connectivity index (χ0) is 15.9. The highest BCUT2D eigenvalue weighted by atomic mass is 16.5. The molecule has 22 heavy (non-hydrogen) atoms. The van der Waals surface area contributed by atoms with Crippen molar-refractivity contribution < 1.29 is 14.3 Å². The van der Waals surface area contributed by atoms with Gasteiger partial charge in [-0.3, -0.25) is 4.79 Å². The lowest BCUT2D eigenvalue weighted by molar-refractivity contribution is -0.117. The van der Waals surface area contributed by atoms with Gasteiger partial charge in [-0.15, -0.1) is 0 Å². The molecule has 0 unspecified atom stereocenters. The van der Waals surface area contributed by atoms with Gasteiger partial charge in [0.25, 0.3) is 0 Å². The molecule has 1 aliphatic rings. The van der Waals surface area contributed by atoms with Crippen LogP contribution in [0.2, 0.25) is 0 Å². The molecule has 0 aliphatic heterocycles. The summed E-state index contributed by atoms with van der Waals surface area (Å²) < 4.78 is 10.5. The van der Waals surface area contributed by atoms with E-state index in [4.69, 9.17) is 9.47 Å². The summed E-state index contributed by atoms with van der Waals surface area (Å²) in [5.41, 5.74) is 0.828. The van der Waals surface area contributed by atoms with E-state index in [1.54, 1.807) is 26.4 Å². The first-order chi connectivity index (χ1) is 10.6. The van der Waals surface area contributed by atoms with Gasteiger partial charge in [-0.2, -0.15) is 0 Å². The fraction of sp³-hybridized carbons (Fsp3) is 0.500. The summed E-state index contributed by atoms with van der Waals surface area (Å²) >= 11 is 0. The van der Waals surface area contributed by atoms with Crippen molar-refractivity contribution in [2.45, 2.75) is 38.6 Å². The zero-order valence-electron chi connectivity index (χ0n) is 13.6. The maximum atomic E-state index is 12.1. The van der Waals surface area contributed by atoms with Gasteiger partial charge in [0.05, 0.1) is 14.2 Å². The van der Waals surface area contributed by atoms with Crippen molar-refractivity contribution in [2.75, 3.05) is 14.2 Å². The number of hydrogen-bond acceptors (Lipinski definition) is 3. The Balaban J connectivity index is 1.97. The number of amides is 1. The first kappa shape index (κ1) is 16.4. The molecule has 1 fully saturated rings. The highest BCUT2D eigenvalue weighted by molar-refractivity contribution is 5.92. The second-order valence-electron chi connectivity index (χ2n) is 5.91. The number of nitrogens with one attached hydrogen (secondary N) is 1. The monoisotopic (exact) mass is 303 g/mol. The fourth-order valence-corrected chi connectivity index (χ4v) is 2.79. The molecular formula is C18H25NO3. The van der Waals surface area contributed by atoms with Crippen molar-refractivity contribution in [2.24, 2.45) is 5.92 Å². The molecule has 1 aromatic carbocycles. The van der Waals surface area contributed by atoms with E-state index in [-0.39, 0.29) is 5.91 Å². The minimum absolute atomic E-state index is 0.0515. The van der Waals surface area contributed by atoms with Crippen LogP contribution in [0.4, 0.5) is 0 Å². The van der Waals surface area contributed by atoms with Gasteiger partial charge in [0.2, 0.25) is 5.91 Å². The molecule has 4 heteroatoms. The number of carbonyl (C=O) groups excluding carboxylic acids is 1. The third-order valence-electron chi connectivity index (χ3n) is 4.21. The van der Waals surface area contributed by atoms with Crippen LogP contribution in [0.5, 0.6) is 11.5 Å². The van der Waals surface area contributed by atoms with Crippen molar-refractivity contribution in [1.82, 2.24) is 5.32 Å². The van der Waals surface area contributed by atoms with Crippen LogP contribution in [-0.2, 0) is 4.79 Å². The molecule has 0 bridgehead atoms. The zero-order valence-corrected chi connectivity index (χ0v) is 13.6. The molecule has 120 valence electrons. The molecule has 0 saturated heterocycles. The van der Waals surface area contributed by atoms with Crippen molar-refractivity contribution in [3.8, 4) is 11.5 Å². The molecule has 0 heterocycles. The Hall–Kier alpha value is -1.97. The van der Waals surface area contributed by atoms with Crippen molar-refractivity contribution in [1.29, 1.82) is 0 Å². The smallest absolute Gasteiger partial charge is 0.244 e. The Labute approximate surface area is 132 Å². The molecule has 1 amide bonds. The molecule has 2 rings (SSSR count). The van der Waals surface area contributed by atoms with Gasteiger partial charge in [0, 0.05) is 17.7 Å². The first-order valence-corrected chi connectivity index (χ1v) is 7.83. The number of rotatable bonds is 5. The number of carbonyl (C=O) groups is 1. The molecule has 1 aliphatic carbocycles. The van der Waals surface area contributed by atoms with Crippen molar-refractivity contribution in [3.63, 3.8) is 0 Å². The summed E-state index contributed by atoms with van der Waals surface area (Å²) in [5, 5.41) is 3.08. The van der Waals surface area contributed by atoms with Gasteiger partial charge in [-0.05, 0) is 55.9 Å². The number of benzene rings is 1. The van der Waals surface area contributed by atoms with Gasteiger partial charge in [-0.1, -0.05) is 6.92 Å². The molecule has 0 spiro atoms. The Bertz CT molecular complexity index is 531. The van der Waals surface area contributed by atoms with Crippen LogP contribution in [0.1, 0.15) is 38.2 Å². The highest BCUT2D eigenvalue weighted by Crippen LogP contribution is 2.25. The van der Waals surface area contributed by atoms with E-state index in [1.165, 1.54) is 12.8 Å². The number of methoxy groups -OCH3 is 2. The summed E-state index contributed by atoms with van der Waals surface area (Å²) in [7, 11) is 3.23. The molecule has 4 nitrogen and oxygen atoms in total. The lowest BCUT2D eigenvalue weighted by Gasteiger charge is -2.26. The van der Waals surface area contributed by atoms with E-state index in [0.717, 1.165) is 35.8 Å². The quantitative estimate of drug-likeness (QED) is 0.848. The second-order valence-corrected chi connectivity index (χ2v) is 5.91. The Morgan fingerprint density at radius 2 is 1.91 bits per heavy atom. The van der Waals surface area contributed by atoms with Crippen LogP contribution in [0, 0.1) is 5.92 Å². The van der Waals surface area contributed by atoms with E-state index in [2.05, 4.69) is 12.2 Å². The van der Waals surface area contributed by atoms with E-state index in [1.807, 2.05) is 18.2 Å². The van der Waals surface area contributed by atoms with Gasteiger partial charge < -0.3 is 14.8 Å². The van der Waals surface area contributed by atoms with E-state index >= 15 is 0 Å². The fourth-order valence-electron chi connectivity index (χ4n) is 2.79. The Kier molecular flexibility index (Phi) is 5.87. The van der Waals surface area contributed by atoms with Gasteiger partial charge in [0.15, 0.2) is 0 Å². The Morgan fingerprint density at radius 3 is 2.55 bits per heavy atom. The average molecular weight is 303 g/mol. The lowest BCUT2D eigenvalue weighted by Crippen LogP contribution is -2.36. The topological polar surface area (TPSA) is 47.6 Å². The van der Waals surface area contributed by atoms with Gasteiger partial charge in [-0.25, -0.2) is 0 Å². The van der Waals surface area contributed by atoms with Gasteiger partial charge >= 0.3 is 0 Å². The van der Waals surface area contributed by atoms with Crippen LogP contribution < -0.4 is 14.8 Å². The third kappa shape index (κ3) is 4.52. The predicted molar refractivity (Wildman–Crippen MR) is 88.1 cm³/mol. The SMILES string of the molecule is COc1ccc(OC)c(/C=C/C(=O)NC2CCC(C)CC2)c1. The van der Waals surface area contributed by atoms with Crippen LogP contribution >= 0.6 is 0 Å². The molecule has 1 saturated carbocycles. The maximum absolute atomic E-state index is 12.1. The number of ether oxygens (including phenoxy) is 2. The van der Waals surface area contributed by atoms with Gasteiger partial charge in [0.1, 0.15) is 11.5 Å². The predicted octanol–water partition coefficient (Wildman–Crippen LogP) is 3.41. The molecule has 1 N–H and O–H groups in total. The largest absolute Gasteiger partial charge is 0.497 e. The van der Waals surface area contributed by atoms with E-state index in [0.29, 0.717) is 6.04 Å². The average Bonchev–Trinajstić information content (AvgIpc) is 2.54.